The van der Waals surface area contributed by atoms with Crippen LogP contribution >= 0.6 is 0 Å². The summed E-state index contributed by atoms with van der Waals surface area (Å²) in [5, 5.41) is 0. The average molecular weight is 296 g/mol. The molecule has 0 amide bonds. The van der Waals surface area contributed by atoms with Gasteiger partial charge in [-0.15, -0.1) is 0 Å². The normalized spacial score (nSPS) is 11.9. The molecule has 0 N–H and O–H groups in total. The molecule has 14 heavy (non-hydrogen) atoms. The van der Waals surface area contributed by atoms with Gasteiger partial charge in [0, 0.05) is 0 Å². The molecule has 2 nitrogen and oxygen atoms in total. The molecule has 0 heterocycles. The van der Waals surface area contributed by atoms with Crippen molar-refractivity contribution in [2.24, 2.45) is 0 Å². The minimum absolute atomic E-state index is 0. The van der Waals surface area contributed by atoms with Crippen molar-refractivity contribution in [1.82, 2.24) is 0 Å². The van der Waals surface area contributed by atoms with Gasteiger partial charge in [0.1, 0.15) is 0 Å². The summed E-state index contributed by atoms with van der Waals surface area (Å²) in [6.07, 6.45) is -13.0. The number of carbonyl (C=O) groups is 2. The van der Waals surface area contributed by atoms with E-state index in [1.165, 1.54) is 0 Å². The number of halogens is 6. The van der Waals surface area contributed by atoms with Crippen LogP contribution in [0.2, 0.25) is 0 Å². The van der Waals surface area contributed by atoms with Crippen LogP contribution in [0.25, 0.3) is 0 Å². The zero-order valence-corrected chi connectivity index (χ0v) is 9.97. The van der Waals surface area contributed by atoms with Crippen LogP contribution in [-0.2, 0) is 9.59 Å². The zero-order chi connectivity index (χ0) is 10.9. The summed E-state index contributed by atoms with van der Waals surface area (Å²) < 4.78 is 68.0. The molecule has 0 rings (SSSR count). The molecule has 0 aromatic rings. The Morgan fingerprint density at radius 3 is 1.14 bits per heavy atom. The van der Waals surface area contributed by atoms with Crippen LogP contribution in [-0.4, -0.2) is 69.4 Å². The first-order chi connectivity index (χ1) is 5.55. The van der Waals surface area contributed by atoms with Gasteiger partial charge in [-0.1, -0.05) is 0 Å². The van der Waals surface area contributed by atoms with Crippen molar-refractivity contribution in [2.75, 3.05) is 0 Å². The quantitative estimate of drug-likeness (QED) is 0.437. The predicted octanol–water partition coefficient (Wildman–Crippen LogP) is 1.26. The van der Waals surface area contributed by atoms with Crippen LogP contribution in [0.15, 0.2) is 0 Å². The SMILES string of the molecule is O=C(CC(=O)C(F)(F)F)C(F)(F)F.[Sr+2]. The van der Waals surface area contributed by atoms with Crippen molar-refractivity contribution in [2.45, 2.75) is 18.8 Å². The van der Waals surface area contributed by atoms with Crippen LogP contribution in [0, 0.1) is 0 Å². The first-order valence-electron chi connectivity index (χ1n) is 2.75. The first kappa shape index (κ1) is 16.8. The minimum atomic E-state index is -5.40. The Hall–Kier alpha value is 0.401. The van der Waals surface area contributed by atoms with Crippen molar-refractivity contribution < 1.29 is 35.9 Å². The van der Waals surface area contributed by atoms with Crippen LogP contribution in [0.5, 0.6) is 0 Å². The Kier molecular flexibility index (Phi) is 6.58. The predicted molar refractivity (Wildman–Crippen MR) is 32.5 cm³/mol. The van der Waals surface area contributed by atoms with Gasteiger partial charge in [0.2, 0.25) is 11.6 Å². The van der Waals surface area contributed by atoms with Gasteiger partial charge in [0.15, 0.2) is 0 Å². The second-order valence-electron chi connectivity index (χ2n) is 2.02. The van der Waals surface area contributed by atoms with Gasteiger partial charge in [-0.2, -0.15) is 26.3 Å². The molecular weight excluding hydrogens is 294 g/mol. The Morgan fingerprint density at radius 1 is 0.786 bits per heavy atom. The number of alkyl halides is 6. The van der Waals surface area contributed by atoms with E-state index in [2.05, 4.69) is 0 Å². The van der Waals surface area contributed by atoms with E-state index in [-0.39, 0.29) is 45.5 Å². The van der Waals surface area contributed by atoms with Crippen molar-refractivity contribution in [3.8, 4) is 0 Å². The molecule has 0 unspecified atom stereocenters. The maximum atomic E-state index is 11.3. The number of carbonyl (C=O) groups excluding carboxylic acids is 2. The van der Waals surface area contributed by atoms with Gasteiger partial charge in [0.05, 0.1) is 6.42 Å². The first-order valence-corrected chi connectivity index (χ1v) is 2.75. The number of rotatable bonds is 2. The van der Waals surface area contributed by atoms with E-state index >= 15 is 0 Å². The molecule has 0 fully saturated rings. The number of hydrogen-bond donors (Lipinski definition) is 0. The smallest absolute Gasteiger partial charge is 0.289 e. The van der Waals surface area contributed by atoms with E-state index in [1.54, 1.807) is 0 Å². The van der Waals surface area contributed by atoms with Crippen LogP contribution < -0.4 is 0 Å². The molecule has 9 heteroatoms. The third-order valence-electron chi connectivity index (χ3n) is 0.953. The summed E-state index contributed by atoms with van der Waals surface area (Å²) in [5.41, 5.74) is 0. The minimum Gasteiger partial charge on any atom is -0.289 e. The van der Waals surface area contributed by atoms with E-state index in [0.29, 0.717) is 0 Å². The van der Waals surface area contributed by atoms with Crippen molar-refractivity contribution in [1.29, 1.82) is 0 Å². The van der Waals surface area contributed by atoms with E-state index in [1.807, 2.05) is 0 Å². The summed E-state index contributed by atoms with van der Waals surface area (Å²) in [6.45, 7) is 0. The van der Waals surface area contributed by atoms with E-state index in [0.717, 1.165) is 0 Å². The molecule has 76 valence electrons. The Morgan fingerprint density at radius 2 is 1.00 bits per heavy atom. The average Bonchev–Trinajstić information content (AvgIpc) is 1.82. The van der Waals surface area contributed by atoms with Gasteiger partial charge in [-0.3, -0.25) is 9.59 Å². The third kappa shape index (κ3) is 5.99. The Balaban J connectivity index is 0. The fourth-order valence-corrected chi connectivity index (χ4v) is 0.346. The number of ketones is 2. The van der Waals surface area contributed by atoms with Crippen LogP contribution in [0.1, 0.15) is 6.42 Å². The van der Waals surface area contributed by atoms with Gasteiger partial charge < -0.3 is 0 Å². The van der Waals surface area contributed by atoms with Crippen LogP contribution in [0.3, 0.4) is 0 Å². The topological polar surface area (TPSA) is 34.1 Å². The Bertz CT molecular complexity index is 205. The van der Waals surface area contributed by atoms with Crippen molar-refractivity contribution in [3.05, 3.63) is 0 Å². The van der Waals surface area contributed by atoms with Crippen molar-refractivity contribution in [3.63, 3.8) is 0 Å². The molecule has 0 spiro atoms. The molecular formula is C5H2F6O2Sr+2. The molecule has 0 aromatic heterocycles. The number of Topliss-reactive ketones (excluding diaryl/α,β-unsaturated/α-hetero) is 2. The fraction of sp³-hybridized carbons (Fsp3) is 0.600. The maximum absolute atomic E-state index is 11.3. The fourth-order valence-electron chi connectivity index (χ4n) is 0.346. The molecule has 0 aliphatic carbocycles. The third-order valence-corrected chi connectivity index (χ3v) is 0.953. The van der Waals surface area contributed by atoms with Gasteiger partial charge in [-0.05, 0) is 0 Å². The molecule has 0 radical (unpaired) electrons. The molecule has 0 bridgehead atoms. The second-order valence-corrected chi connectivity index (χ2v) is 2.02. The molecule has 0 atom stereocenters. The second kappa shape index (κ2) is 5.47. The Labute approximate surface area is 111 Å². The van der Waals surface area contributed by atoms with E-state index < -0.39 is 30.3 Å². The summed E-state index contributed by atoms with van der Waals surface area (Å²) in [6, 6.07) is 0. The molecule has 0 saturated carbocycles. The molecule has 0 aliphatic rings. The van der Waals surface area contributed by atoms with Crippen molar-refractivity contribution >= 4 is 57.0 Å². The van der Waals surface area contributed by atoms with E-state index in [9.17, 15) is 35.9 Å². The largest absolute Gasteiger partial charge is 2.00 e. The molecule has 0 saturated heterocycles. The molecule has 0 aliphatic heterocycles. The number of hydrogen-bond acceptors (Lipinski definition) is 2. The molecule has 0 aromatic carbocycles. The monoisotopic (exact) mass is 296 g/mol. The summed E-state index contributed by atoms with van der Waals surface area (Å²) >= 11 is 0. The zero-order valence-electron chi connectivity index (χ0n) is 6.50. The summed E-state index contributed by atoms with van der Waals surface area (Å²) in [5.74, 6) is -5.40. The van der Waals surface area contributed by atoms with Gasteiger partial charge in [-0.25, -0.2) is 0 Å². The maximum Gasteiger partial charge on any atom is 2.00 e. The summed E-state index contributed by atoms with van der Waals surface area (Å²) in [4.78, 5) is 19.8. The summed E-state index contributed by atoms with van der Waals surface area (Å²) in [7, 11) is 0. The van der Waals surface area contributed by atoms with Crippen LogP contribution in [0.4, 0.5) is 26.3 Å². The van der Waals surface area contributed by atoms with Gasteiger partial charge in [0.25, 0.3) is 0 Å². The van der Waals surface area contributed by atoms with Gasteiger partial charge >= 0.3 is 57.8 Å². The van der Waals surface area contributed by atoms with E-state index in [4.69, 9.17) is 0 Å². The standard InChI is InChI=1S/C5H2F6O2.Sr/c6-4(7,8)2(12)1-3(13)5(9,10)11;/h1H2;/q;+2.